The molecule has 0 atom stereocenters. The van der Waals surface area contributed by atoms with E-state index in [1.54, 1.807) is 0 Å². The summed E-state index contributed by atoms with van der Waals surface area (Å²) in [6.07, 6.45) is 3.21. The van der Waals surface area contributed by atoms with Gasteiger partial charge in [-0.3, -0.25) is 0 Å². The molecular weight excluding hydrogens is 222 g/mol. The van der Waals surface area contributed by atoms with Crippen molar-refractivity contribution in [3.8, 4) is 5.75 Å². The van der Waals surface area contributed by atoms with E-state index in [-0.39, 0.29) is 5.60 Å². The number of rotatable bonds is 4. The molecule has 0 radical (unpaired) electrons. The molecule has 0 amide bonds. The smallest absolute Gasteiger partial charge is 0.123 e. The third kappa shape index (κ3) is 3.36. The van der Waals surface area contributed by atoms with Crippen LogP contribution in [-0.2, 0) is 13.0 Å². The molecule has 1 aliphatic heterocycles. The van der Waals surface area contributed by atoms with E-state index in [0.717, 1.165) is 25.3 Å². The number of hydrogen-bond acceptors (Lipinski definition) is 2. The Balaban J connectivity index is 1.95. The normalized spacial score (nSPS) is 16.0. The maximum atomic E-state index is 5.88. The maximum absolute atomic E-state index is 5.88. The number of ether oxygens (including phenoxy) is 1. The van der Waals surface area contributed by atoms with Crippen LogP contribution in [0.1, 0.15) is 38.8 Å². The summed E-state index contributed by atoms with van der Waals surface area (Å²) in [4.78, 5) is 0. The minimum Gasteiger partial charge on any atom is -0.487 e. The van der Waals surface area contributed by atoms with Gasteiger partial charge in [-0.15, -0.1) is 0 Å². The van der Waals surface area contributed by atoms with Crippen LogP contribution in [0.3, 0.4) is 0 Å². The van der Waals surface area contributed by atoms with Crippen LogP contribution in [0.25, 0.3) is 0 Å². The highest BCUT2D eigenvalue weighted by Crippen LogP contribution is 2.35. The van der Waals surface area contributed by atoms with Crippen molar-refractivity contribution in [2.75, 3.05) is 6.54 Å². The van der Waals surface area contributed by atoms with Crippen molar-refractivity contribution in [3.05, 3.63) is 41.0 Å². The number of hydrogen-bond donors (Lipinski definition) is 1. The summed E-state index contributed by atoms with van der Waals surface area (Å²) in [5, 5.41) is 3.43. The molecule has 0 saturated carbocycles. The summed E-state index contributed by atoms with van der Waals surface area (Å²) in [5.74, 6) is 1.05. The van der Waals surface area contributed by atoms with Gasteiger partial charge in [0.25, 0.3) is 0 Å². The summed E-state index contributed by atoms with van der Waals surface area (Å²) in [6, 6.07) is 6.51. The van der Waals surface area contributed by atoms with Crippen LogP contribution < -0.4 is 10.1 Å². The fourth-order valence-corrected chi connectivity index (χ4v) is 2.27. The number of allylic oxidation sites excluding steroid dienone is 1. The lowest BCUT2D eigenvalue weighted by Gasteiger charge is -2.16. The lowest BCUT2D eigenvalue weighted by molar-refractivity contribution is 0.138. The Bertz CT molecular complexity index is 456. The number of benzene rings is 1. The van der Waals surface area contributed by atoms with Gasteiger partial charge in [0.05, 0.1) is 0 Å². The summed E-state index contributed by atoms with van der Waals surface area (Å²) < 4.78 is 5.88. The standard InChI is InChI=1S/C16H23NO/c1-12(2)7-8-17-11-13-5-6-15-14(9-13)10-16(3,4)18-15/h5-7,9,17H,8,10-11H2,1-4H3. The number of fused-ring (bicyclic) bond motifs is 1. The predicted molar refractivity (Wildman–Crippen MR) is 76.0 cm³/mol. The first-order valence-electron chi connectivity index (χ1n) is 6.61. The van der Waals surface area contributed by atoms with Crippen molar-refractivity contribution >= 4 is 0 Å². The second kappa shape index (κ2) is 5.15. The fraction of sp³-hybridized carbons (Fsp3) is 0.500. The highest BCUT2D eigenvalue weighted by molar-refractivity contribution is 5.41. The Labute approximate surface area is 110 Å². The molecule has 0 spiro atoms. The van der Waals surface area contributed by atoms with Gasteiger partial charge in [-0.1, -0.05) is 23.8 Å². The summed E-state index contributed by atoms with van der Waals surface area (Å²) in [6.45, 7) is 10.4. The average molecular weight is 245 g/mol. The second-order valence-corrected chi connectivity index (χ2v) is 5.89. The first kappa shape index (κ1) is 13.2. The molecule has 1 heterocycles. The van der Waals surface area contributed by atoms with Gasteiger partial charge >= 0.3 is 0 Å². The molecule has 98 valence electrons. The monoisotopic (exact) mass is 245 g/mol. The Morgan fingerprint density at radius 1 is 1.39 bits per heavy atom. The summed E-state index contributed by atoms with van der Waals surface area (Å²) >= 11 is 0. The SMILES string of the molecule is CC(C)=CCNCc1ccc2c(c1)CC(C)(C)O2. The van der Waals surface area contributed by atoms with E-state index >= 15 is 0 Å². The zero-order chi connectivity index (χ0) is 13.2. The molecule has 2 nitrogen and oxygen atoms in total. The first-order chi connectivity index (χ1) is 8.46. The van der Waals surface area contributed by atoms with Gasteiger partial charge in [-0.05, 0) is 44.9 Å². The molecule has 0 fully saturated rings. The molecule has 2 heteroatoms. The molecule has 0 saturated heterocycles. The van der Waals surface area contributed by atoms with Crippen LogP contribution >= 0.6 is 0 Å². The van der Waals surface area contributed by atoms with Crippen LogP contribution in [0.5, 0.6) is 5.75 Å². The van der Waals surface area contributed by atoms with E-state index in [4.69, 9.17) is 4.74 Å². The summed E-state index contributed by atoms with van der Waals surface area (Å²) in [5.41, 5.74) is 3.97. The van der Waals surface area contributed by atoms with Gasteiger partial charge in [0.15, 0.2) is 0 Å². The van der Waals surface area contributed by atoms with Crippen LogP contribution in [0, 0.1) is 0 Å². The number of nitrogens with one attached hydrogen (secondary N) is 1. The van der Waals surface area contributed by atoms with Crippen molar-refractivity contribution in [1.82, 2.24) is 5.32 Å². The van der Waals surface area contributed by atoms with E-state index in [9.17, 15) is 0 Å². The lowest BCUT2D eigenvalue weighted by Crippen LogP contribution is -2.24. The molecule has 2 rings (SSSR count). The zero-order valence-corrected chi connectivity index (χ0v) is 11.8. The average Bonchev–Trinajstić information content (AvgIpc) is 2.57. The van der Waals surface area contributed by atoms with E-state index in [0.29, 0.717) is 0 Å². The molecular formula is C16H23NO. The maximum Gasteiger partial charge on any atom is 0.123 e. The summed E-state index contributed by atoms with van der Waals surface area (Å²) in [7, 11) is 0. The predicted octanol–water partition coefficient (Wildman–Crippen LogP) is 3.46. The Morgan fingerprint density at radius 3 is 2.89 bits per heavy atom. The van der Waals surface area contributed by atoms with Crippen molar-refractivity contribution in [2.45, 2.75) is 46.3 Å². The molecule has 1 aromatic rings. The third-order valence-electron chi connectivity index (χ3n) is 3.11. The van der Waals surface area contributed by atoms with Gasteiger partial charge in [0.2, 0.25) is 0 Å². The topological polar surface area (TPSA) is 21.3 Å². The van der Waals surface area contributed by atoms with Gasteiger partial charge in [-0.2, -0.15) is 0 Å². The fourth-order valence-electron chi connectivity index (χ4n) is 2.27. The highest BCUT2D eigenvalue weighted by atomic mass is 16.5. The lowest BCUT2D eigenvalue weighted by atomic mass is 10.0. The van der Waals surface area contributed by atoms with Gasteiger partial charge in [0, 0.05) is 19.5 Å². The van der Waals surface area contributed by atoms with E-state index in [1.807, 2.05) is 0 Å². The molecule has 1 aromatic carbocycles. The molecule has 1 aliphatic rings. The van der Waals surface area contributed by atoms with Crippen LogP contribution in [0.15, 0.2) is 29.8 Å². The molecule has 0 aromatic heterocycles. The van der Waals surface area contributed by atoms with Gasteiger partial charge < -0.3 is 10.1 Å². The minimum atomic E-state index is -0.0452. The minimum absolute atomic E-state index is 0.0452. The molecule has 0 bridgehead atoms. The molecule has 0 aliphatic carbocycles. The van der Waals surface area contributed by atoms with Crippen molar-refractivity contribution < 1.29 is 4.74 Å². The van der Waals surface area contributed by atoms with Crippen LogP contribution in [-0.4, -0.2) is 12.1 Å². The second-order valence-electron chi connectivity index (χ2n) is 5.89. The van der Waals surface area contributed by atoms with Crippen molar-refractivity contribution in [1.29, 1.82) is 0 Å². The Morgan fingerprint density at radius 2 is 2.17 bits per heavy atom. The first-order valence-corrected chi connectivity index (χ1v) is 6.61. The highest BCUT2D eigenvalue weighted by Gasteiger charge is 2.29. The Hall–Kier alpha value is -1.28. The largest absolute Gasteiger partial charge is 0.487 e. The van der Waals surface area contributed by atoms with E-state index in [1.165, 1.54) is 16.7 Å². The van der Waals surface area contributed by atoms with Crippen LogP contribution in [0.2, 0.25) is 0 Å². The van der Waals surface area contributed by atoms with Crippen molar-refractivity contribution in [2.24, 2.45) is 0 Å². The quantitative estimate of drug-likeness (QED) is 0.648. The Kier molecular flexibility index (Phi) is 3.76. The third-order valence-corrected chi connectivity index (χ3v) is 3.11. The van der Waals surface area contributed by atoms with E-state index in [2.05, 4.69) is 57.3 Å². The molecule has 18 heavy (non-hydrogen) atoms. The van der Waals surface area contributed by atoms with Crippen molar-refractivity contribution in [3.63, 3.8) is 0 Å². The molecule has 1 N–H and O–H groups in total. The van der Waals surface area contributed by atoms with E-state index < -0.39 is 0 Å². The van der Waals surface area contributed by atoms with Crippen LogP contribution in [0.4, 0.5) is 0 Å². The molecule has 0 unspecified atom stereocenters. The van der Waals surface area contributed by atoms with Gasteiger partial charge in [0.1, 0.15) is 11.4 Å². The zero-order valence-electron chi connectivity index (χ0n) is 11.8. The van der Waals surface area contributed by atoms with Gasteiger partial charge in [-0.25, -0.2) is 0 Å².